The highest BCUT2D eigenvalue weighted by atomic mass is 16.6. The predicted molar refractivity (Wildman–Crippen MR) is 76.0 cm³/mol. The van der Waals surface area contributed by atoms with E-state index in [0.717, 1.165) is 6.07 Å². The molecule has 8 heteroatoms. The average molecular weight is 306 g/mol. The first kappa shape index (κ1) is 17.6. The first-order valence-electron chi connectivity index (χ1n) is 6.61. The van der Waals surface area contributed by atoms with E-state index in [9.17, 15) is 14.9 Å². The predicted octanol–water partition coefficient (Wildman–Crippen LogP) is 0.760. The number of carbonyl (C=O) groups is 1. The maximum atomic E-state index is 12.4. The second-order valence-electron chi connectivity index (χ2n) is 4.26. The Balaban J connectivity index is 2.79. The van der Waals surface area contributed by atoms with Crippen LogP contribution in [0.15, 0.2) is 18.2 Å². The van der Waals surface area contributed by atoms with Crippen LogP contribution in [0.25, 0.3) is 0 Å². The Labute approximate surface area is 127 Å². The molecule has 1 N–H and O–H groups in total. The van der Waals surface area contributed by atoms with Gasteiger partial charge in [-0.2, -0.15) is 5.26 Å². The van der Waals surface area contributed by atoms with Crippen LogP contribution >= 0.6 is 0 Å². The van der Waals surface area contributed by atoms with Crippen molar-refractivity contribution >= 4 is 11.6 Å². The molecule has 0 heterocycles. The molecule has 1 aromatic carbocycles. The Morgan fingerprint density at radius 2 is 2.27 bits per heavy atom. The molecule has 0 unspecified atom stereocenters. The summed E-state index contributed by atoms with van der Waals surface area (Å²) in [6, 6.07) is 8.28. The van der Waals surface area contributed by atoms with Crippen molar-refractivity contribution < 1.29 is 19.6 Å². The van der Waals surface area contributed by atoms with Crippen LogP contribution in [0.3, 0.4) is 0 Å². The molecule has 1 rings (SSSR count). The fourth-order valence-electron chi connectivity index (χ4n) is 1.72. The molecule has 0 saturated carbocycles. The lowest BCUT2D eigenvalue weighted by atomic mass is 10.1. The van der Waals surface area contributed by atoms with Crippen molar-refractivity contribution in [2.24, 2.45) is 0 Å². The van der Waals surface area contributed by atoms with Gasteiger partial charge < -0.3 is 14.7 Å². The van der Waals surface area contributed by atoms with Gasteiger partial charge in [0, 0.05) is 24.7 Å². The monoisotopic (exact) mass is 306 g/mol. The Hall–Kier alpha value is -2.50. The molecule has 0 fully saturated rings. The fraction of sp³-hybridized carbons (Fsp3) is 0.429. The number of nitriles is 1. The summed E-state index contributed by atoms with van der Waals surface area (Å²) in [6.45, 7) is 0.675. The van der Waals surface area contributed by atoms with E-state index < -0.39 is 10.8 Å². The number of aliphatic hydroxyl groups is 1. The lowest BCUT2D eigenvalue weighted by Gasteiger charge is -2.21. The van der Waals surface area contributed by atoms with Gasteiger partial charge in [0.1, 0.15) is 0 Å². The summed E-state index contributed by atoms with van der Waals surface area (Å²) >= 11 is 0. The SMILES string of the molecule is N#CCCN(CCOCCO)C(=O)c1cc[c]c([N+](=O)[O-])c1. The molecule has 0 spiro atoms. The number of ether oxygens (including phenoxy) is 1. The summed E-state index contributed by atoms with van der Waals surface area (Å²) in [5.74, 6) is -0.417. The number of hydrogen-bond acceptors (Lipinski definition) is 6. The van der Waals surface area contributed by atoms with Crippen molar-refractivity contribution in [3.05, 3.63) is 39.9 Å². The van der Waals surface area contributed by atoms with E-state index in [4.69, 9.17) is 15.1 Å². The fourth-order valence-corrected chi connectivity index (χ4v) is 1.72. The second-order valence-corrected chi connectivity index (χ2v) is 4.26. The average Bonchev–Trinajstić information content (AvgIpc) is 2.53. The van der Waals surface area contributed by atoms with Crippen LogP contribution in [-0.4, -0.2) is 53.7 Å². The molecule has 1 radical (unpaired) electrons. The molecule has 1 amide bonds. The number of non-ortho nitro benzene ring substituents is 1. The van der Waals surface area contributed by atoms with Gasteiger partial charge in [-0.05, 0) is 12.1 Å². The van der Waals surface area contributed by atoms with Gasteiger partial charge in [0.15, 0.2) is 0 Å². The summed E-state index contributed by atoms with van der Waals surface area (Å²) in [7, 11) is 0. The largest absolute Gasteiger partial charge is 0.394 e. The number of nitro groups is 1. The molecule has 0 aliphatic carbocycles. The van der Waals surface area contributed by atoms with Crippen LogP contribution in [0.2, 0.25) is 0 Å². The quantitative estimate of drug-likeness (QED) is 0.409. The van der Waals surface area contributed by atoms with E-state index in [0.29, 0.717) is 0 Å². The molecular formula is C14H16N3O5. The Morgan fingerprint density at radius 1 is 1.50 bits per heavy atom. The van der Waals surface area contributed by atoms with Crippen molar-refractivity contribution in [2.75, 3.05) is 32.9 Å². The Bertz CT molecular complexity index is 556. The number of benzene rings is 1. The number of carbonyl (C=O) groups excluding carboxylic acids is 1. The topological polar surface area (TPSA) is 117 Å². The van der Waals surface area contributed by atoms with Gasteiger partial charge in [-0.3, -0.25) is 14.9 Å². The minimum Gasteiger partial charge on any atom is -0.394 e. The summed E-state index contributed by atoms with van der Waals surface area (Å²) in [5.41, 5.74) is -0.131. The standard InChI is InChI=1S/C14H16N3O5/c15-5-2-6-16(7-9-22-10-8-18)14(19)12-3-1-4-13(11-12)17(20)21/h1,3,11,18H,2,6-10H2. The van der Waals surface area contributed by atoms with Crippen LogP contribution in [0.4, 0.5) is 5.69 Å². The number of nitrogens with zero attached hydrogens (tertiary/aromatic N) is 3. The maximum absolute atomic E-state index is 12.4. The van der Waals surface area contributed by atoms with E-state index >= 15 is 0 Å². The number of rotatable bonds is 9. The van der Waals surface area contributed by atoms with Crippen molar-refractivity contribution in [3.63, 3.8) is 0 Å². The molecule has 117 valence electrons. The molecule has 0 aliphatic heterocycles. The third kappa shape index (κ3) is 5.47. The van der Waals surface area contributed by atoms with E-state index in [1.54, 1.807) is 0 Å². The van der Waals surface area contributed by atoms with Crippen LogP contribution in [0, 0.1) is 27.5 Å². The van der Waals surface area contributed by atoms with E-state index in [1.807, 2.05) is 6.07 Å². The first-order valence-corrected chi connectivity index (χ1v) is 6.61. The number of hydrogen-bond donors (Lipinski definition) is 1. The van der Waals surface area contributed by atoms with Crippen LogP contribution < -0.4 is 0 Å². The van der Waals surface area contributed by atoms with Crippen molar-refractivity contribution in [3.8, 4) is 6.07 Å². The van der Waals surface area contributed by atoms with Gasteiger partial charge >= 0.3 is 0 Å². The van der Waals surface area contributed by atoms with Crippen LogP contribution in [-0.2, 0) is 4.74 Å². The number of nitro benzene ring substituents is 1. The summed E-state index contributed by atoms with van der Waals surface area (Å²) in [5, 5.41) is 28.0. The molecule has 22 heavy (non-hydrogen) atoms. The van der Waals surface area contributed by atoms with E-state index in [-0.39, 0.29) is 50.6 Å². The van der Waals surface area contributed by atoms with E-state index in [2.05, 4.69) is 6.07 Å². The highest BCUT2D eigenvalue weighted by molar-refractivity contribution is 5.94. The molecule has 0 aromatic heterocycles. The molecular weight excluding hydrogens is 290 g/mol. The van der Waals surface area contributed by atoms with Gasteiger partial charge in [-0.25, -0.2) is 0 Å². The van der Waals surface area contributed by atoms with E-state index in [1.165, 1.54) is 17.0 Å². The Morgan fingerprint density at radius 3 is 2.91 bits per heavy atom. The summed E-state index contributed by atoms with van der Waals surface area (Å²) < 4.78 is 5.10. The molecule has 1 aromatic rings. The summed E-state index contributed by atoms with van der Waals surface area (Å²) in [6.07, 6.45) is 0.146. The summed E-state index contributed by atoms with van der Waals surface area (Å²) in [4.78, 5) is 23.9. The zero-order valence-electron chi connectivity index (χ0n) is 11.9. The molecule has 8 nitrogen and oxygen atoms in total. The Kier molecular flexibility index (Phi) is 7.53. The minimum atomic E-state index is -0.624. The second kappa shape index (κ2) is 9.44. The minimum absolute atomic E-state index is 0.118. The van der Waals surface area contributed by atoms with Gasteiger partial charge in [0.2, 0.25) is 0 Å². The van der Waals surface area contributed by atoms with Crippen molar-refractivity contribution in [1.82, 2.24) is 4.90 Å². The van der Waals surface area contributed by atoms with Gasteiger partial charge in [0.05, 0.1) is 43.3 Å². The molecule has 0 saturated heterocycles. The smallest absolute Gasteiger partial charge is 0.278 e. The first-order chi connectivity index (χ1) is 10.6. The third-order valence-corrected chi connectivity index (χ3v) is 2.75. The van der Waals surface area contributed by atoms with Gasteiger partial charge in [0.25, 0.3) is 11.6 Å². The number of amides is 1. The van der Waals surface area contributed by atoms with Crippen LogP contribution in [0.5, 0.6) is 0 Å². The van der Waals surface area contributed by atoms with Gasteiger partial charge in [-0.1, -0.05) is 0 Å². The normalized spacial score (nSPS) is 10.0. The highest BCUT2D eigenvalue weighted by Gasteiger charge is 2.18. The third-order valence-electron chi connectivity index (χ3n) is 2.75. The number of aliphatic hydroxyl groups excluding tert-OH is 1. The zero-order chi connectivity index (χ0) is 16.4. The molecule has 0 aliphatic rings. The molecule has 0 bridgehead atoms. The lowest BCUT2D eigenvalue weighted by molar-refractivity contribution is -0.385. The molecule has 0 atom stereocenters. The zero-order valence-corrected chi connectivity index (χ0v) is 11.9. The highest BCUT2D eigenvalue weighted by Crippen LogP contribution is 2.14. The van der Waals surface area contributed by atoms with Crippen molar-refractivity contribution in [1.29, 1.82) is 5.26 Å². The van der Waals surface area contributed by atoms with Gasteiger partial charge in [-0.15, -0.1) is 0 Å². The lowest BCUT2D eigenvalue weighted by Crippen LogP contribution is -2.35. The van der Waals surface area contributed by atoms with Crippen molar-refractivity contribution in [2.45, 2.75) is 6.42 Å². The van der Waals surface area contributed by atoms with Crippen LogP contribution in [0.1, 0.15) is 16.8 Å². The maximum Gasteiger partial charge on any atom is 0.278 e.